The summed E-state index contributed by atoms with van der Waals surface area (Å²) in [6, 6.07) is 15.9. The van der Waals surface area contributed by atoms with Crippen LogP contribution < -0.4 is 5.73 Å². The predicted octanol–water partition coefficient (Wildman–Crippen LogP) is 4.04. The van der Waals surface area contributed by atoms with Gasteiger partial charge in [-0.05, 0) is 35.0 Å². The van der Waals surface area contributed by atoms with Gasteiger partial charge < -0.3 is 15.2 Å². The van der Waals surface area contributed by atoms with Crippen LogP contribution in [0.3, 0.4) is 0 Å². The van der Waals surface area contributed by atoms with Crippen LogP contribution in [0.5, 0.6) is 0 Å². The third-order valence-corrected chi connectivity index (χ3v) is 7.36. The van der Waals surface area contributed by atoms with Crippen molar-refractivity contribution in [2.75, 3.05) is 45.3 Å². The molecule has 0 aromatic heterocycles. The highest BCUT2D eigenvalue weighted by atomic mass is 16.6. The maximum atomic E-state index is 13.1. The molecule has 2 aliphatic heterocycles. The Hall–Kier alpha value is -5.20. The molecule has 0 saturated heterocycles. The highest BCUT2D eigenvalue weighted by molar-refractivity contribution is 6.26. The number of hydrogen-bond acceptors (Lipinski definition) is 9. The van der Waals surface area contributed by atoms with E-state index in [1.54, 1.807) is 48.5 Å². The molecule has 4 aromatic carbocycles. The molecule has 12 heteroatoms. The van der Waals surface area contributed by atoms with E-state index in [0.717, 1.165) is 15.2 Å². The number of hydrogen-bond donors (Lipinski definition) is 1. The number of benzene rings is 4. The first kappa shape index (κ1) is 29.3. The largest absolute Gasteiger partial charge is 0.399 e. The van der Waals surface area contributed by atoms with Crippen molar-refractivity contribution < 1.29 is 33.6 Å². The fourth-order valence-electron chi connectivity index (χ4n) is 5.47. The van der Waals surface area contributed by atoms with Crippen LogP contribution in [0.25, 0.3) is 21.5 Å². The SMILES string of the molecule is C.Nc1cc2c3c(cccc3c1)C(=O)N(CCOCCOCCN1C(=O)c3cccc4cc([N+](=O)[O-])cc(c34)C1=O)C2=O. The molecule has 4 amide bonds. The van der Waals surface area contributed by atoms with E-state index in [-0.39, 0.29) is 58.2 Å². The molecule has 2 N–H and O–H groups in total. The number of amides is 4. The number of carbonyl (C=O) groups excluding carboxylic acids is 4. The van der Waals surface area contributed by atoms with Crippen LogP contribution >= 0.6 is 0 Å². The van der Waals surface area contributed by atoms with Crippen molar-refractivity contribution >= 4 is 56.5 Å². The molecule has 0 spiro atoms. The van der Waals surface area contributed by atoms with Gasteiger partial charge in [-0.25, -0.2) is 0 Å². The Bertz CT molecular complexity index is 1840. The molecular weight excluding hydrogens is 556 g/mol. The molecular formula is C31H28N4O8. The topological polar surface area (TPSA) is 162 Å². The number of imide groups is 2. The zero-order valence-corrected chi connectivity index (χ0v) is 22.2. The second-order valence-electron chi connectivity index (χ2n) is 9.87. The van der Waals surface area contributed by atoms with Gasteiger partial charge in [0.2, 0.25) is 0 Å². The van der Waals surface area contributed by atoms with E-state index in [1.165, 1.54) is 12.1 Å². The number of anilines is 1. The van der Waals surface area contributed by atoms with E-state index in [2.05, 4.69) is 0 Å². The molecule has 6 rings (SSSR count). The number of non-ortho nitro benzene ring substituents is 1. The van der Waals surface area contributed by atoms with Crippen molar-refractivity contribution in [3.63, 3.8) is 0 Å². The molecule has 4 aromatic rings. The molecule has 0 atom stereocenters. The Morgan fingerprint density at radius 1 is 0.651 bits per heavy atom. The summed E-state index contributed by atoms with van der Waals surface area (Å²) in [5, 5.41) is 13.5. The third kappa shape index (κ3) is 5.07. The van der Waals surface area contributed by atoms with Crippen LogP contribution in [-0.4, -0.2) is 77.9 Å². The quantitative estimate of drug-likeness (QED) is 0.0953. The summed E-state index contributed by atoms with van der Waals surface area (Å²) >= 11 is 0. The van der Waals surface area contributed by atoms with Crippen LogP contribution in [0.4, 0.5) is 11.4 Å². The van der Waals surface area contributed by atoms with E-state index in [9.17, 15) is 29.3 Å². The Morgan fingerprint density at radius 3 is 1.63 bits per heavy atom. The Balaban J connectivity index is 0.00000368. The number of carbonyl (C=O) groups is 4. The Labute approximate surface area is 245 Å². The predicted molar refractivity (Wildman–Crippen MR) is 158 cm³/mol. The smallest absolute Gasteiger partial charge is 0.270 e. The van der Waals surface area contributed by atoms with Crippen molar-refractivity contribution in [3.8, 4) is 0 Å². The van der Waals surface area contributed by atoms with Crippen molar-refractivity contribution in [1.29, 1.82) is 0 Å². The Kier molecular flexibility index (Phi) is 7.89. The summed E-state index contributed by atoms with van der Waals surface area (Å²) in [5.41, 5.74) is 7.35. The minimum atomic E-state index is -0.623. The lowest BCUT2D eigenvalue weighted by atomic mass is 9.93. The van der Waals surface area contributed by atoms with Crippen LogP contribution in [0.15, 0.2) is 60.7 Å². The van der Waals surface area contributed by atoms with Gasteiger partial charge in [0.15, 0.2) is 0 Å². The molecule has 0 saturated carbocycles. The van der Waals surface area contributed by atoms with E-state index in [4.69, 9.17) is 15.2 Å². The average molecular weight is 585 g/mol. The molecule has 2 heterocycles. The second-order valence-corrected chi connectivity index (χ2v) is 9.87. The number of nitrogen functional groups attached to an aromatic ring is 1. The van der Waals surface area contributed by atoms with Gasteiger partial charge in [-0.1, -0.05) is 31.7 Å². The van der Waals surface area contributed by atoms with Crippen LogP contribution in [0.1, 0.15) is 48.9 Å². The summed E-state index contributed by atoms with van der Waals surface area (Å²) in [4.78, 5) is 65.1. The minimum Gasteiger partial charge on any atom is -0.399 e. The number of nitro groups is 1. The van der Waals surface area contributed by atoms with Crippen LogP contribution in [0.2, 0.25) is 0 Å². The highest BCUT2D eigenvalue weighted by Gasteiger charge is 2.35. The first-order chi connectivity index (χ1) is 20.3. The normalized spacial score (nSPS) is 14.0. The lowest BCUT2D eigenvalue weighted by Gasteiger charge is -2.27. The van der Waals surface area contributed by atoms with Crippen molar-refractivity contribution in [1.82, 2.24) is 9.80 Å². The second kappa shape index (κ2) is 11.6. The van der Waals surface area contributed by atoms with E-state index < -0.39 is 28.6 Å². The molecule has 0 fully saturated rings. The first-order valence-electron chi connectivity index (χ1n) is 13.2. The lowest BCUT2D eigenvalue weighted by Crippen LogP contribution is -2.42. The maximum Gasteiger partial charge on any atom is 0.270 e. The van der Waals surface area contributed by atoms with Crippen molar-refractivity contribution in [3.05, 3.63) is 93.0 Å². The molecule has 0 unspecified atom stereocenters. The fraction of sp³-hybridized carbons (Fsp3) is 0.226. The molecule has 0 bridgehead atoms. The van der Waals surface area contributed by atoms with Gasteiger partial charge in [-0.3, -0.25) is 39.1 Å². The zero-order valence-electron chi connectivity index (χ0n) is 22.2. The van der Waals surface area contributed by atoms with Gasteiger partial charge in [0.25, 0.3) is 29.3 Å². The third-order valence-electron chi connectivity index (χ3n) is 7.36. The molecule has 0 radical (unpaired) electrons. The fourth-order valence-corrected chi connectivity index (χ4v) is 5.47. The molecule has 12 nitrogen and oxygen atoms in total. The van der Waals surface area contributed by atoms with Gasteiger partial charge in [-0.2, -0.15) is 0 Å². The number of rotatable bonds is 10. The summed E-state index contributed by atoms with van der Waals surface area (Å²) < 4.78 is 11.1. The highest BCUT2D eigenvalue weighted by Crippen LogP contribution is 2.34. The van der Waals surface area contributed by atoms with Crippen molar-refractivity contribution in [2.45, 2.75) is 7.43 Å². The summed E-state index contributed by atoms with van der Waals surface area (Å²) in [6.45, 7) is 0.362. The van der Waals surface area contributed by atoms with Gasteiger partial charge >= 0.3 is 0 Å². The van der Waals surface area contributed by atoms with Crippen LogP contribution in [0, 0.1) is 10.1 Å². The number of nitrogens with zero attached hydrogens (tertiary/aromatic N) is 3. The molecule has 43 heavy (non-hydrogen) atoms. The van der Waals surface area contributed by atoms with Gasteiger partial charge in [-0.15, -0.1) is 0 Å². The van der Waals surface area contributed by atoms with E-state index >= 15 is 0 Å². The number of nitrogens with two attached hydrogens (primary N) is 1. The first-order valence-corrected chi connectivity index (χ1v) is 13.2. The monoisotopic (exact) mass is 584 g/mol. The van der Waals surface area contributed by atoms with Gasteiger partial charge in [0.05, 0.1) is 55.6 Å². The molecule has 0 aliphatic carbocycles. The standard InChI is InChI=1S/C30H24N4O8.CH4/c31-19-13-17-3-1-5-21-25(17)23(15-19)29(37)32(27(21)35)7-9-41-11-12-42-10-8-33-28(36)22-6-2-4-18-14-20(34(39)40)16-24(26(18)22)30(33)38;/h1-6,13-16H,7-12,31H2;1H4. The zero-order chi connectivity index (χ0) is 29.5. The van der Waals surface area contributed by atoms with Crippen molar-refractivity contribution in [2.24, 2.45) is 0 Å². The summed E-state index contributed by atoms with van der Waals surface area (Å²) in [5.74, 6) is -1.96. The van der Waals surface area contributed by atoms with Gasteiger partial charge in [0.1, 0.15) is 0 Å². The Morgan fingerprint density at radius 2 is 1.12 bits per heavy atom. The number of ether oxygens (including phenoxy) is 2. The number of nitro benzene ring substituents is 1. The maximum absolute atomic E-state index is 13.1. The minimum absolute atomic E-state index is 0. The molecule has 220 valence electrons. The van der Waals surface area contributed by atoms with Gasteiger partial charge in [0, 0.05) is 39.7 Å². The average Bonchev–Trinajstić information content (AvgIpc) is 2.98. The summed E-state index contributed by atoms with van der Waals surface area (Å²) in [6.07, 6.45) is 0. The van der Waals surface area contributed by atoms with E-state index in [0.29, 0.717) is 38.5 Å². The summed E-state index contributed by atoms with van der Waals surface area (Å²) in [7, 11) is 0. The van der Waals surface area contributed by atoms with E-state index in [1.807, 2.05) is 0 Å². The lowest BCUT2D eigenvalue weighted by molar-refractivity contribution is -0.384. The van der Waals surface area contributed by atoms with Crippen LogP contribution in [-0.2, 0) is 9.47 Å². The molecule has 2 aliphatic rings.